The summed E-state index contributed by atoms with van der Waals surface area (Å²) in [4.78, 5) is 16.5. The highest BCUT2D eigenvalue weighted by Crippen LogP contribution is 2.20. The number of rotatable bonds is 5. The number of benzene rings is 1. The summed E-state index contributed by atoms with van der Waals surface area (Å²) >= 11 is 0. The molecule has 0 N–H and O–H groups in total. The van der Waals surface area contributed by atoms with Crippen molar-refractivity contribution in [3.8, 4) is 0 Å². The van der Waals surface area contributed by atoms with Crippen LogP contribution in [0.2, 0.25) is 0 Å². The van der Waals surface area contributed by atoms with Crippen LogP contribution in [-0.2, 0) is 33.1 Å². The summed E-state index contributed by atoms with van der Waals surface area (Å²) in [5, 5.41) is 8.11. The van der Waals surface area contributed by atoms with E-state index in [1.54, 1.807) is 28.9 Å². The molecule has 1 aromatic carbocycles. The summed E-state index contributed by atoms with van der Waals surface area (Å²) in [7, 11) is 3.61. The average molecular weight is 365 g/mol. The maximum absolute atomic E-state index is 12.6. The van der Waals surface area contributed by atoms with E-state index in [0.717, 1.165) is 25.1 Å². The van der Waals surface area contributed by atoms with Crippen LogP contribution >= 0.6 is 0 Å². The Morgan fingerprint density at radius 3 is 2.89 bits per heavy atom. The summed E-state index contributed by atoms with van der Waals surface area (Å²) in [6, 6.07) is 10.3. The third-order valence-electron chi connectivity index (χ3n) is 4.89. The first-order valence-electron chi connectivity index (χ1n) is 9.06. The molecular formula is C20H23N5O2. The molecule has 0 bridgehead atoms. The molecule has 140 valence electrons. The Morgan fingerprint density at radius 2 is 2.11 bits per heavy atom. The smallest absolute Gasteiger partial charge is 0.276 e. The van der Waals surface area contributed by atoms with E-state index in [1.807, 2.05) is 13.2 Å². The van der Waals surface area contributed by atoms with Crippen molar-refractivity contribution in [3.05, 3.63) is 70.9 Å². The highest BCUT2D eigenvalue weighted by molar-refractivity contribution is 5.92. The van der Waals surface area contributed by atoms with Crippen LogP contribution in [0, 0.1) is 0 Å². The minimum Gasteiger partial charge on any atom is -0.359 e. The number of aryl methyl sites for hydroxylation is 1. The van der Waals surface area contributed by atoms with Gasteiger partial charge in [0.05, 0.1) is 12.7 Å². The van der Waals surface area contributed by atoms with Gasteiger partial charge in [0, 0.05) is 51.6 Å². The molecule has 1 amide bonds. The Morgan fingerprint density at radius 1 is 1.30 bits per heavy atom. The maximum atomic E-state index is 12.6. The van der Waals surface area contributed by atoms with Crippen LogP contribution in [0.1, 0.15) is 32.9 Å². The fourth-order valence-corrected chi connectivity index (χ4v) is 3.49. The average Bonchev–Trinajstić information content (AvgIpc) is 3.30. The molecule has 27 heavy (non-hydrogen) atoms. The summed E-state index contributed by atoms with van der Waals surface area (Å²) in [6.07, 6.45) is 4.68. The normalized spacial score (nSPS) is 14.1. The van der Waals surface area contributed by atoms with Gasteiger partial charge in [-0.05, 0) is 17.5 Å². The van der Waals surface area contributed by atoms with E-state index < -0.39 is 0 Å². The summed E-state index contributed by atoms with van der Waals surface area (Å²) in [5.41, 5.74) is 4.09. The van der Waals surface area contributed by atoms with Gasteiger partial charge in [-0.2, -0.15) is 5.10 Å². The van der Waals surface area contributed by atoms with Gasteiger partial charge in [-0.25, -0.2) is 0 Å². The highest BCUT2D eigenvalue weighted by atomic mass is 16.5. The molecular weight excluding hydrogens is 342 g/mol. The third-order valence-corrected chi connectivity index (χ3v) is 4.89. The van der Waals surface area contributed by atoms with E-state index in [0.29, 0.717) is 24.5 Å². The van der Waals surface area contributed by atoms with Crippen LogP contribution < -0.4 is 0 Å². The lowest BCUT2D eigenvalue weighted by Crippen LogP contribution is -2.29. The molecule has 0 unspecified atom stereocenters. The minimum absolute atomic E-state index is 0.155. The highest BCUT2D eigenvalue weighted by Gasteiger charge is 2.21. The van der Waals surface area contributed by atoms with Crippen molar-refractivity contribution >= 4 is 5.91 Å². The van der Waals surface area contributed by atoms with Crippen molar-refractivity contribution in [2.24, 2.45) is 7.05 Å². The summed E-state index contributed by atoms with van der Waals surface area (Å²) < 4.78 is 7.15. The van der Waals surface area contributed by atoms with Gasteiger partial charge in [-0.1, -0.05) is 29.4 Å². The molecule has 0 fully saturated rings. The lowest BCUT2D eigenvalue weighted by Gasteiger charge is -2.27. The standard InChI is InChI=1S/C20H23N5O2/c1-23(11-15-10-21-24(2)12-15)20(26)19-9-18(27-22-19)14-25-8-7-16-5-3-4-6-17(16)13-25/h3-6,9-10,12H,7-8,11,13-14H2,1-2H3. The van der Waals surface area contributed by atoms with E-state index in [2.05, 4.69) is 39.4 Å². The van der Waals surface area contributed by atoms with Gasteiger partial charge in [-0.15, -0.1) is 0 Å². The molecule has 0 saturated carbocycles. The Balaban J connectivity index is 1.37. The molecule has 1 aliphatic heterocycles. The van der Waals surface area contributed by atoms with E-state index in [9.17, 15) is 4.79 Å². The van der Waals surface area contributed by atoms with Gasteiger partial charge in [0.15, 0.2) is 11.5 Å². The lowest BCUT2D eigenvalue weighted by molar-refractivity contribution is 0.0774. The predicted octanol–water partition coefficient (Wildman–Crippen LogP) is 2.24. The first kappa shape index (κ1) is 17.5. The number of carbonyl (C=O) groups is 1. The molecule has 3 aromatic rings. The first-order valence-corrected chi connectivity index (χ1v) is 9.06. The number of carbonyl (C=O) groups excluding carboxylic acids is 1. The third kappa shape index (κ3) is 3.93. The number of hydrogen-bond acceptors (Lipinski definition) is 5. The van der Waals surface area contributed by atoms with Gasteiger partial charge >= 0.3 is 0 Å². The number of amides is 1. The largest absolute Gasteiger partial charge is 0.359 e. The van der Waals surface area contributed by atoms with Crippen molar-refractivity contribution in [1.29, 1.82) is 0 Å². The molecule has 7 nitrogen and oxygen atoms in total. The molecule has 0 saturated heterocycles. The van der Waals surface area contributed by atoms with Gasteiger partial charge in [0.2, 0.25) is 0 Å². The van der Waals surface area contributed by atoms with Gasteiger partial charge in [0.25, 0.3) is 5.91 Å². The van der Waals surface area contributed by atoms with E-state index in [-0.39, 0.29) is 5.91 Å². The van der Waals surface area contributed by atoms with E-state index in [4.69, 9.17) is 4.52 Å². The zero-order valence-corrected chi connectivity index (χ0v) is 15.6. The molecule has 0 atom stereocenters. The monoisotopic (exact) mass is 365 g/mol. The second-order valence-corrected chi connectivity index (χ2v) is 7.09. The Hall–Kier alpha value is -2.93. The van der Waals surface area contributed by atoms with Crippen molar-refractivity contribution in [2.75, 3.05) is 13.6 Å². The quantitative estimate of drug-likeness (QED) is 0.694. The van der Waals surface area contributed by atoms with Crippen LogP contribution in [0.4, 0.5) is 0 Å². The molecule has 3 heterocycles. The van der Waals surface area contributed by atoms with E-state index in [1.165, 1.54) is 11.1 Å². The van der Waals surface area contributed by atoms with Crippen LogP contribution in [-0.4, -0.2) is 44.2 Å². The first-order chi connectivity index (χ1) is 13.1. The minimum atomic E-state index is -0.155. The molecule has 4 rings (SSSR count). The second-order valence-electron chi connectivity index (χ2n) is 7.09. The maximum Gasteiger partial charge on any atom is 0.276 e. The van der Waals surface area contributed by atoms with E-state index >= 15 is 0 Å². The lowest BCUT2D eigenvalue weighted by atomic mass is 10.00. The van der Waals surface area contributed by atoms with Crippen molar-refractivity contribution < 1.29 is 9.32 Å². The molecule has 7 heteroatoms. The molecule has 0 aliphatic carbocycles. The zero-order valence-electron chi connectivity index (χ0n) is 15.6. The SMILES string of the molecule is CN(Cc1cnn(C)c1)C(=O)c1cc(CN2CCc3ccccc3C2)on1. The van der Waals surface area contributed by atoms with Gasteiger partial charge < -0.3 is 9.42 Å². The second kappa shape index (κ2) is 7.36. The zero-order chi connectivity index (χ0) is 18.8. The number of fused-ring (bicyclic) bond motifs is 1. The van der Waals surface area contributed by atoms with Crippen molar-refractivity contribution in [2.45, 2.75) is 26.1 Å². The number of nitrogens with zero attached hydrogens (tertiary/aromatic N) is 5. The Labute approximate surface area is 158 Å². The summed E-state index contributed by atoms with van der Waals surface area (Å²) in [6.45, 7) is 3.00. The van der Waals surface area contributed by atoms with Gasteiger partial charge in [0.1, 0.15) is 0 Å². The predicted molar refractivity (Wildman–Crippen MR) is 99.8 cm³/mol. The summed E-state index contributed by atoms with van der Waals surface area (Å²) in [5.74, 6) is 0.561. The fourth-order valence-electron chi connectivity index (χ4n) is 3.49. The molecule has 0 spiro atoms. The fraction of sp³-hybridized carbons (Fsp3) is 0.350. The van der Waals surface area contributed by atoms with Crippen molar-refractivity contribution in [3.63, 3.8) is 0 Å². The van der Waals surface area contributed by atoms with Crippen LogP contribution in [0.5, 0.6) is 0 Å². The van der Waals surface area contributed by atoms with Crippen molar-refractivity contribution in [1.82, 2.24) is 24.7 Å². The Kier molecular flexibility index (Phi) is 4.77. The topological polar surface area (TPSA) is 67.4 Å². The van der Waals surface area contributed by atoms with Crippen LogP contribution in [0.15, 0.2) is 47.2 Å². The molecule has 2 aromatic heterocycles. The molecule has 0 radical (unpaired) electrons. The van der Waals surface area contributed by atoms with Crippen LogP contribution in [0.25, 0.3) is 0 Å². The Bertz CT molecular complexity index is 945. The van der Waals surface area contributed by atoms with Gasteiger partial charge in [-0.3, -0.25) is 14.4 Å². The number of hydrogen-bond donors (Lipinski definition) is 0. The molecule has 1 aliphatic rings. The van der Waals surface area contributed by atoms with Crippen LogP contribution in [0.3, 0.4) is 0 Å². The number of aromatic nitrogens is 3.